The molecule has 1 amide bonds. The summed E-state index contributed by atoms with van der Waals surface area (Å²) >= 11 is 2.21. The van der Waals surface area contributed by atoms with Crippen molar-refractivity contribution in [3.63, 3.8) is 0 Å². The van der Waals surface area contributed by atoms with Gasteiger partial charge in [0, 0.05) is 16.2 Å². The molecule has 2 N–H and O–H groups in total. The topological polar surface area (TPSA) is 41.1 Å². The monoisotopic (exact) mass is 344 g/mol. The molecular weight excluding hydrogens is 327 g/mol. The summed E-state index contributed by atoms with van der Waals surface area (Å²) in [5.41, 5.74) is 1.91. The van der Waals surface area contributed by atoms with Crippen LogP contribution < -0.4 is 10.6 Å². The van der Waals surface area contributed by atoms with Crippen molar-refractivity contribution in [3.8, 4) is 0 Å². The van der Waals surface area contributed by atoms with Crippen LogP contribution in [0.5, 0.6) is 0 Å². The lowest BCUT2D eigenvalue weighted by atomic mass is 10.1. The first kappa shape index (κ1) is 12.8. The fourth-order valence-electron chi connectivity index (χ4n) is 2.05. The van der Waals surface area contributed by atoms with Crippen molar-refractivity contribution < 1.29 is 4.79 Å². The summed E-state index contributed by atoms with van der Waals surface area (Å²) in [6.07, 6.45) is 2.21. The Morgan fingerprint density at radius 2 is 2.35 bits per heavy atom. The summed E-state index contributed by atoms with van der Waals surface area (Å²) in [7, 11) is 0. The first-order valence-electron chi connectivity index (χ1n) is 5.94. The van der Waals surface area contributed by atoms with Crippen LogP contribution in [0.2, 0.25) is 0 Å². The Kier molecular flexibility index (Phi) is 4.39. The van der Waals surface area contributed by atoms with Gasteiger partial charge in [-0.05, 0) is 61.0 Å². The van der Waals surface area contributed by atoms with Crippen LogP contribution in [0.1, 0.15) is 28.8 Å². The van der Waals surface area contributed by atoms with Crippen molar-refractivity contribution in [1.82, 2.24) is 10.6 Å². The maximum absolute atomic E-state index is 12.1. The van der Waals surface area contributed by atoms with E-state index in [1.165, 1.54) is 0 Å². The normalized spacial score (nSPS) is 20.0. The molecule has 1 aromatic rings. The molecule has 1 fully saturated rings. The van der Waals surface area contributed by atoms with Gasteiger partial charge in [-0.3, -0.25) is 4.79 Å². The number of rotatable bonds is 2. The Bertz CT molecular complexity index is 414. The molecule has 92 valence electrons. The quantitative estimate of drug-likeness (QED) is 0.807. The average Bonchev–Trinajstić information content (AvgIpc) is 2.33. The van der Waals surface area contributed by atoms with E-state index in [1.807, 2.05) is 25.1 Å². The van der Waals surface area contributed by atoms with Gasteiger partial charge in [-0.2, -0.15) is 0 Å². The molecule has 1 aliphatic rings. The van der Waals surface area contributed by atoms with E-state index in [4.69, 9.17) is 0 Å². The van der Waals surface area contributed by atoms with Crippen molar-refractivity contribution >= 4 is 28.5 Å². The fourth-order valence-corrected chi connectivity index (χ4v) is 2.63. The predicted octanol–water partition coefficient (Wildman–Crippen LogP) is 2.08. The first-order valence-corrected chi connectivity index (χ1v) is 7.02. The van der Waals surface area contributed by atoms with Gasteiger partial charge in [0.2, 0.25) is 0 Å². The molecule has 1 heterocycles. The van der Waals surface area contributed by atoms with Crippen molar-refractivity contribution in [2.45, 2.75) is 25.8 Å². The largest absolute Gasteiger partial charge is 0.348 e. The number of halogens is 1. The fraction of sp³-hybridized carbons (Fsp3) is 0.462. The van der Waals surface area contributed by atoms with Crippen LogP contribution in [0.25, 0.3) is 0 Å². The number of amides is 1. The Morgan fingerprint density at radius 3 is 3.06 bits per heavy atom. The molecule has 0 radical (unpaired) electrons. The SMILES string of the molecule is Cc1ccc(I)c(C(=O)N[C@H]2CCCNC2)c1. The van der Waals surface area contributed by atoms with Gasteiger partial charge in [0.25, 0.3) is 5.91 Å². The third kappa shape index (κ3) is 3.42. The van der Waals surface area contributed by atoms with Crippen LogP contribution in [-0.4, -0.2) is 25.0 Å². The molecule has 17 heavy (non-hydrogen) atoms. The molecule has 1 aliphatic heterocycles. The third-order valence-electron chi connectivity index (χ3n) is 3.00. The molecule has 1 atom stereocenters. The van der Waals surface area contributed by atoms with Crippen LogP contribution >= 0.6 is 22.6 Å². The second-order valence-electron chi connectivity index (χ2n) is 4.50. The highest BCUT2D eigenvalue weighted by Gasteiger charge is 2.17. The zero-order chi connectivity index (χ0) is 12.3. The molecule has 1 saturated heterocycles. The zero-order valence-electron chi connectivity index (χ0n) is 9.92. The standard InChI is InChI=1S/C13H17IN2O/c1-9-4-5-12(14)11(7-9)13(17)16-10-3-2-6-15-8-10/h4-5,7,10,15H,2-3,6,8H2,1H3,(H,16,17)/t10-/m0/s1. The molecule has 0 unspecified atom stereocenters. The number of hydrogen-bond acceptors (Lipinski definition) is 2. The lowest BCUT2D eigenvalue weighted by Gasteiger charge is -2.24. The van der Waals surface area contributed by atoms with Gasteiger partial charge in [0.15, 0.2) is 0 Å². The van der Waals surface area contributed by atoms with E-state index in [-0.39, 0.29) is 11.9 Å². The predicted molar refractivity (Wildman–Crippen MR) is 77.3 cm³/mol. The number of carbonyl (C=O) groups is 1. The van der Waals surface area contributed by atoms with E-state index in [2.05, 4.69) is 33.2 Å². The minimum atomic E-state index is 0.0480. The number of piperidine rings is 1. The Hall–Kier alpha value is -0.620. The molecule has 0 bridgehead atoms. The summed E-state index contributed by atoms with van der Waals surface area (Å²) in [5.74, 6) is 0.0480. The average molecular weight is 344 g/mol. The Labute approximate surface area is 116 Å². The van der Waals surface area contributed by atoms with Gasteiger partial charge in [0.1, 0.15) is 0 Å². The van der Waals surface area contributed by atoms with Crippen molar-refractivity contribution in [1.29, 1.82) is 0 Å². The van der Waals surface area contributed by atoms with Crippen molar-refractivity contribution in [2.24, 2.45) is 0 Å². The summed E-state index contributed by atoms with van der Waals surface area (Å²) in [6, 6.07) is 6.24. The number of hydrogen-bond donors (Lipinski definition) is 2. The van der Waals surface area contributed by atoms with Crippen molar-refractivity contribution in [3.05, 3.63) is 32.9 Å². The molecule has 0 aromatic heterocycles. The molecule has 2 rings (SSSR count). The van der Waals surface area contributed by atoms with Crippen LogP contribution in [0.3, 0.4) is 0 Å². The molecular formula is C13H17IN2O. The zero-order valence-corrected chi connectivity index (χ0v) is 12.1. The van der Waals surface area contributed by atoms with Gasteiger partial charge < -0.3 is 10.6 Å². The smallest absolute Gasteiger partial charge is 0.252 e. The maximum atomic E-state index is 12.1. The number of carbonyl (C=O) groups excluding carboxylic acids is 1. The molecule has 1 aromatic carbocycles. The van der Waals surface area contributed by atoms with E-state index in [0.717, 1.165) is 40.6 Å². The van der Waals surface area contributed by atoms with E-state index < -0.39 is 0 Å². The van der Waals surface area contributed by atoms with Crippen LogP contribution in [-0.2, 0) is 0 Å². The van der Waals surface area contributed by atoms with E-state index in [9.17, 15) is 4.79 Å². The van der Waals surface area contributed by atoms with Crippen LogP contribution in [0.15, 0.2) is 18.2 Å². The lowest BCUT2D eigenvalue weighted by molar-refractivity contribution is 0.0929. The summed E-state index contributed by atoms with van der Waals surface area (Å²) in [6.45, 7) is 3.96. The van der Waals surface area contributed by atoms with E-state index >= 15 is 0 Å². The number of nitrogens with one attached hydrogen (secondary N) is 2. The Morgan fingerprint density at radius 1 is 1.53 bits per heavy atom. The lowest BCUT2D eigenvalue weighted by Crippen LogP contribution is -2.45. The Balaban J connectivity index is 2.05. The molecule has 0 aliphatic carbocycles. The summed E-state index contributed by atoms with van der Waals surface area (Å²) in [5, 5.41) is 6.40. The summed E-state index contributed by atoms with van der Waals surface area (Å²) < 4.78 is 1.01. The van der Waals surface area contributed by atoms with Crippen molar-refractivity contribution in [2.75, 3.05) is 13.1 Å². The minimum absolute atomic E-state index is 0.0480. The van der Waals surface area contributed by atoms with E-state index in [0.29, 0.717) is 0 Å². The molecule has 3 nitrogen and oxygen atoms in total. The van der Waals surface area contributed by atoms with Crippen LogP contribution in [0.4, 0.5) is 0 Å². The first-order chi connectivity index (χ1) is 8.16. The van der Waals surface area contributed by atoms with E-state index in [1.54, 1.807) is 0 Å². The van der Waals surface area contributed by atoms with Gasteiger partial charge >= 0.3 is 0 Å². The number of aryl methyl sites for hydroxylation is 1. The highest BCUT2D eigenvalue weighted by atomic mass is 127. The highest BCUT2D eigenvalue weighted by molar-refractivity contribution is 14.1. The molecule has 4 heteroatoms. The minimum Gasteiger partial charge on any atom is -0.348 e. The number of benzene rings is 1. The molecule has 0 spiro atoms. The van der Waals surface area contributed by atoms with Gasteiger partial charge in [-0.25, -0.2) is 0 Å². The van der Waals surface area contributed by atoms with Gasteiger partial charge in [-0.1, -0.05) is 11.6 Å². The van der Waals surface area contributed by atoms with Crippen LogP contribution in [0, 0.1) is 10.5 Å². The second-order valence-corrected chi connectivity index (χ2v) is 5.66. The molecule has 0 saturated carbocycles. The highest BCUT2D eigenvalue weighted by Crippen LogP contribution is 2.14. The van der Waals surface area contributed by atoms with Gasteiger partial charge in [0.05, 0.1) is 5.56 Å². The third-order valence-corrected chi connectivity index (χ3v) is 3.94. The second kappa shape index (κ2) is 5.82. The summed E-state index contributed by atoms with van der Waals surface area (Å²) in [4.78, 5) is 12.1. The maximum Gasteiger partial charge on any atom is 0.252 e. The van der Waals surface area contributed by atoms with Gasteiger partial charge in [-0.15, -0.1) is 0 Å².